The summed E-state index contributed by atoms with van der Waals surface area (Å²) in [6, 6.07) is 3.72. The molecule has 2 aliphatic rings. The number of carbonyl (C=O) groups excluding carboxylic acids is 1. The molecule has 5 nitrogen and oxygen atoms in total. The predicted octanol–water partition coefficient (Wildman–Crippen LogP) is 1.98. The molecule has 1 saturated heterocycles. The van der Waals surface area contributed by atoms with E-state index >= 15 is 0 Å². The second kappa shape index (κ2) is 6.26. The standard InChI is InChI=1S/C16H22N4O/c1-2-3-4-5-11-19-14-13(8-6-9-17-14)15(21)20-12-7-10-18-16(19)20/h2,6,8-9,16,18H,1,3-5,7,10-12H2. The topological polar surface area (TPSA) is 48.5 Å². The average molecular weight is 286 g/mol. The van der Waals surface area contributed by atoms with Gasteiger partial charge in [-0.2, -0.15) is 0 Å². The highest BCUT2D eigenvalue weighted by atomic mass is 16.2. The number of pyridine rings is 1. The Morgan fingerprint density at radius 1 is 1.48 bits per heavy atom. The molecule has 3 rings (SSSR count). The van der Waals surface area contributed by atoms with Gasteiger partial charge in [0.25, 0.3) is 5.91 Å². The summed E-state index contributed by atoms with van der Waals surface area (Å²) in [4.78, 5) is 21.2. The number of amides is 1. The fourth-order valence-corrected chi connectivity index (χ4v) is 3.07. The lowest BCUT2D eigenvalue weighted by Crippen LogP contribution is -2.65. The third-order valence-corrected chi connectivity index (χ3v) is 4.10. The van der Waals surface area contributed by atoms with Crippen molar-refractivity contribution in [3.05, 3.63) is 36.5 Å². The second-order valence-electron chi connectivity index (χ2n) is 5.53. The van der Waals surface area contributed by atoms with Gasteiger partial charge in [0, 0.05) is 25.8 Å². The van der Waals surface area contributed by atoms with Crippen molar-refractivity contribution in [2.75, 3.05) is 24.5 Å². The maximum absolute atomic E-state index is 12.6. The molecule has 1 amide bonds. The smallest absolute Gasteiger partial charge is 0.260 e. The van der Waals surface area contributed by atoms with E-state index in [2.05, 4.69) is 21.8 Å². The summed E-state index contributed by atoms with van der Waals surface area (Å²) in [5.74, 6) is 0.911. The largest absolute Gasteiger partial charge is 0.323 e. The van der Waals surface area contributed by atoms with E-state index in [9.17, 15) is 4.79 Å². The number of fused-ring (bicyclic) bond motifs is 2. The van der Waals surface area contributed by atoms with Crippen LogP contribution in [0.3, 0.4) is 0 Å². The van der Waals surface area contributed by atoms with Crippen LogP contribution >= 0.6 is 0 Å². The normalized spacial score (nSPS) is 21.0. The summed E-state index contributed by atoms with van der Waals surface area (Å²) in [5.41, 5.74) is 0.723. The molecule has 1 unspecified atom stereocenters. The van der Waals surface area contributed by atoms with Crippen molar-refractivity contribution in [2.24, 2.45) is 0 Å². The van der Waals surface area contributed by atoms with Gasteiger partial charge in [0.2, 0.25) is 0 Å². The lowest BCUT2D eigenvalue weighted by molar-refractivity contribution is 0.0542. The summed E-state index contributed by atoms with van der Waals surface area (Å²) in [6.45, 7) is 6.43. The van der Waals surface area contributed by atoms with Crippen LogP contribution in [0.4, 0.5) is 5.82 Å². The minimum Gasteiger partial charge on any atom is -0.323 e. The van der Waals surface area contributed by atoms with Crippen LogP contribution in [0.1, 0.15) is 36.0 Å². The molecule has 1 aromatic rings. The number of aromatic nitrogens is 1. The monoisotopic (exact) mass is 286 g/mol. The molecule has 21 heavy (non-hydrogen) atoms. The van der Waals surface area contributed by atoms with Gasteiger partial charge in [0.15, 0.2) is 6.29 Å². The SMILES string of the molecule is C=CCCCCN1c2ncccc2C(=O)N2CCCNC21. The number of anilines is 1. The van der Waals surface area contributed by atoms with Crippen molar-refractivity contribution < 1.29 is 4.79 Å². The molecule has 0 spiro atoms. The van der Waals surface area contributed by atoms with Gasteiger partial charge in [-0.25, -0.2) is 4.98 Å². The highest BCUT2D eigenvalue weighted by molar-refractivity contribution is 6.01. The first-order chi connectivity index (χ1) is 10.3. The van der Waals surface area contributed by atoms with E-state index in [1.807, 2.05) is 23.1 Å². The molecule has 112 valence electrons. The average Bonchev–Trinajstić information content (AvgIpc) is 2.54. The van der Waals surface area contributed by atoms with Gasteiger partial charge in [0.1, 0.15) is 5.82 Å². The van der Waals surface area contributed by atoms with Gasteiger partial charge < -0.3 is 9.80 Å². The van der Waals surface area contributed by atoms with Crippen LogP contribution in [0.25, 0.3) is 0 Å². The molecule has 0 radical (unpaired) electrons. The molecule has 5 heteroatoms. The van der Waals surface area contributed by atoms with E-state index in [0.717, 1.165) is 56.7 Å². The van der Waals surface area contributed by atoms with Crippen molar-refractivity contribution in [1.82, 2.24) is 15.2 Å². The van der Waals surface area contributed by atoms with Crippen molar-refractivity contribution in [3.63, 3.8) is 0 Å². The first kappa shape index (κ1) is 14.1. The molecule has 1 aromatic heterocycles. The van der Waals surface area contributed by atoms with E-state index < -0.39 is 0 Å². The fourth-order valence-electron chi connectivity index (χ4n) is 3.07. The number of nitrogens with zero attached hydrogens (tertiary/aromatic N) is 3. The predicted molar refractivity (Wildman–Crippen MR) is 83.1 cm³/mol. The van der Waals surface area contributed by atoms with E-state index in [0.29, 0.717) is 0 Å². The Kier molecular flexibility index (Phi) is 4.20. The molecule has 0 saturated carbocycles. The maximum Gasteiger partial charge on any atom is 0.260 e. The Morgan fingerprint density at radius 3 is 3.24 bits per heavy atom. The number of hydrogen-bond acceptors (Lipinski definition) is 4. The molecule has 0 aliphatic carbocycles. The molecule has 1 atom stereocenters. The van der Waals surface area contributed by atoms with E-state index in [1.165, 1.54) is 0 Å². The van der Waals surface area contributed by atoms with Crippen LogP contribution < -0.4 is 10.2 Å². The van der Waals surface area contributed by atoms with Crippen LogP contribution in [0.2, 0.25) is 0 Å². The Bertz CT molecular complexity index is 531. The van der Waals surface area contributed by atoms with Gasteiger partial charge in [-0.05, 0) is 37.8 Å². The second-order valence-corrected chi connectivity index (χ2v) is 5.53. The first-order valence-electron chi connectivity index (χ1n) is 7.70. The summed E-state index contributed by atoms with van der Waals surface area (Å²) in [5, 5.41) is 3.45. The minimum absolute atomic E-state index is 0.0441. The van der Waals surface area contributed by atoms with Crippen LogP contribution in [-0.2, 0) is 0 Å². The van der Waals surface area contributed by atoms with Crippen molar-refractivity contribution in [3.8, 4) is 0 Å². The number of carbonyl (C=O) groups is 1. The minimum atomic E-state index is -0.0441. The molecule has 0 aromatic carbocycles. The third kappa shape index (κ3) is 2.65. The lowest BCUT2D eigenvalue weighted by atomic mass is 10.1. The highest BCUT2D eigenvalue weighted by Crippen LogP contribution is 2.29. The van der Waals surface area contributed by atoms with Gasteiger partial charge >= 0.3 is 0 Å². The summed E-state index contributed by atoms with van der Waals surface area (Å²) >= 11 is 0. The molecular formula is C16H22N4O. The van der Waals surface area contributed by atoms with Gasteiger partial charge in [-0.3, -0.25) is 10.1 Å². The van der Waals surface area contributed by atoms with Crippen molar-refractivity contribution in [1.29, 1.82) is 0 Å². The van der Waals surface area contributed by atoms with Crippen LogP contribution in [0.5, 0.6) is 0 Å². The Labute approximate surface area is 125 Å². The van der Waals surface area contributed by atoms with Gasteiger partial charge in [-0.15, -0.1) is 6.58 Å². The van der Waals surface area contributed by atoms with Crippen molar-refractivity contribution in [2.45, 2.75) is 32.0 Å². The quantitative estimate of drug-likeness (QED) is 0.664. The van der Waals surface area contributed by atoms with Crippen LogP contribution in [0.15, 0.2) is 31.0 Å². The maximum atomic E-state index is 12.6. The van der Waals surface area contributed by atoms with Gasteiger partial charge in [-0.1, -0.05) is 6.08 Å². The number of allylic oxidation sites excluding steroid dienone is 1. The molecule has 3 heterocycles. The molecule has 1 N–H and O–H groups in total. The third-order valence-electron chi connectivity index (χ3n) is 4.10. The first-order valence-corrected chi connectivity index (χ1v) is 7.70. The number of nitrogens with one attached hydrogen (secondary N) is 1. The van der Waals surface area contributed by atoms with Crippen LogP contribution in [0, 0.1) is 0 Å². The fraction of sp³-hybridized carbons (Fsp3) is 0.500. The highest BCUT2D eigenvalue weighted by Gasteiger charge is 2.39. The van der Waals surface area contributed by atoms with E-state index in [-0.39, 0.29) is 12.2 Å². The Hall–Kier alpha value is -1.88. The van der Waals surface area contributed by atoms with Crippen LogP contribution in [-0.4, -0.2) is 41.7 Å². The number of hydrogen-bond donors (Lipinski definition) is 1. The zero-order chi connectivity index (χ0) is 14.7. The summed E-state index contributed by atoms with van der Waals surface area (Å²) < 4.78 is 0. The summed E-state index contributed by atoms with van der Waals surface area (Å²) in [6.07, 6.45) is 7.90. The molecule has 0 bridgehead atoms. The summed E-state index contributed by atoms with van der Waals surface area (Å²) in [7, 11) is 0. The molecular weight excluding hydrogens is 264 g/mol. The Balaban J connectivity index is 1.85. The lowest BCUT2D eigenvalue weighted by Gasteiger charge is -2.47. The number of rotatable bonds is 5. The van der Waals surface area contributed by atoms with Gasteiger partial charge in [0.05, 0.1) is 5.56 Å². The van der Waals surface area contributed by atoms with E-state index in [4.69, 9.17) is 0 Å². The van der Waals surface area contributed by atoms with Crippen molar-refractivity contribution >= 4 is 11.7 Å². The zero-order valence-electron chi connectivity index (χ0n) is 12.3. The Morgan fingerprint density at radius 2 is 2.38 bits per heavy atom. The van der Waals surface area contributed by atoms with E-state index in [1.54, 1.807) is 6.20 Å². The molecule has 1 fully saturated rings. The molecule has 2 aliphatic heterocycles. The number of unbranched alkanes of at least 4 members (excludes halogenated alkanes) is 2. The zero-order valence-corrected chi connectivity index (χ0v) is 12.3.